The molecule has 0 spiro atoms. The van der Waals surface area contributed by atoms with Crippen LogP contribution >= 0.6 is 0 Å². The molecule has 0 aromatic heterocycles. The summed E-state index contributed by atoms with van der Waals surface area (Å²) in [7, 11) is 1.68. The van der Waals surface area contributed by atoms with Gasteiger partial charge in [-0.1, -0.05) is 32.9 Å². The van der Waals surface area contributed by atoms with Crippen LogP contribution in [0.2, 0.25) is 0 Å². The first kappa shape index (κ1) is 21.2. The van der Waals surface area contributed by atoms with Crippen molar-refractivity contribution in [2.24, 2.45) is 5.92 Å². The van der Waals surface area contributed by atoms with Crippen LogP contribution in [0.1, 0.15) is 66.6 Å². The summed E-state index contributed by atoms with van der Waals surface area (Å²) in [4.78, 5) is 15.3. The molecule has 1 atom stereocenters. The standard InChI is InChI=1S/C25H34N2O2/c1-17(2)22-14-23(19(4)13-24(22)29-5)25(28)26-15-20-8-10-21(11-9-20)27-12-6-7-18(3)16-27/h8-11,13-14,17-18H,6-7,12,15-16H2,1-5H3,(H,26,28)/t18-/m0/s1. The lowest BCUT2D eigenvalue weighted by molar-refractivity contribution is 0.0950. The van der Waals surface area contributed by atoms with Crippen LogP contribution in [-0.4, -0.2) is 26.1 Å². The molecule has 4 nitrogen and oxygen atoms in total. The molecule has 1 saturated heterocycles. The molecule has 1 heterocycles. The molecule has 0 bridgehead atoms. The van der Waals surface area contributed by atoms with Gasteiger partial charge in [-0.15, -0.1) is 0 Å². The van der Waals surface area contributed by atoms with Crippen LogP contribution < -0.4 is 15.0 Å². The minimum atomic E-state index is -0.0408. The third-order valence-electron chi connectivity index (χ3n) is 5.85. The van der Waals surface area contributed by atoms with Crippen LogP contribution in [0.4, 0.5) is 5.69 Å². The normalized spacial score (nSPS) is 16.8. The Labute approximate surface area is 175 Å². The van der Waals surface area contributed by atoms with Crippen molar-refractivity contribution in [1.82, 2.24) is 5.32 Å². The number of rotatable bonds is 6. The molecular formula is C25H34N2O2. The number of amides is 1. The quantitative estimate of drug-likeness (QED) is 0.723. The third-order valence-corrected chi connectivity index (χ3v) is 5.85. The second-order valence-electron chi connectivity index (χ2n) is 8.61. The van der Waals surface area contributed by atoms with Crippen LogP contribution in [0, 0.1) is 12.8 Å². The largest absolute Gasteiger partial charge is 0.496 e. The summed E-state index contributed by atoms with van der Waals surface area (Å²) in [6, 6.07) is 12.5. The Morgan fingerprint density at radius 3 is 2.59 bits per heavy atom. The Morgan fingerprint density at radius 2 is 1.97 bits per heavy atom. The number of anilines is 1. The lowest BCUT2D eigenvalue weighted by Gasteiger charge is -2.32. The summed E-state index contributed by atoms with van der Waals surface area (Å²) >= 11 is 0. The maximum Gasteiger partial charge on any atom is 0.251 e. The number of hydrogen-bond acceptors (Lipinski definition) is 3. The fraction of sp³-hybridized carbons (Fsp3) is 0.480. The minimum absolute atomic E-state index is 0.0408. The van der Waals surface area contributed by atoms with E-state index < -0.39 is 0 Å². The lowest BCUT2D eigenvalue weighted by Crippen LogP contribution is -2.34. The van der Waals surface area contributed by atoms with Gasteiger partial charge in [0, 0.05) is 30.9 Å². The molecule has 1 fully saturated rings. The van der Waals surface area contributed by atoms with Gasteiger partial charge in [0.1, 0.15) is 5.75 Å². The topological polar surface area (TPSA) is 41.6 Å². The molecule has 1 N–H and O–H groups in total. The predicted octanol–water partition coefficient (Wildman–Crippen LogP) is 5.29. The van der Waals surface area contributed by atoms with E-state index in [9.17, 15) is 4.79 Å². The molecule has 4 heteroatoms. The van der Waals surface area contributed by atoms with Gasteiger partial charge in [0.05, 0.1) is 7.11 Å². The van der Waals surface area contributed by atoms with Gasteiger partial charge in [-0.3, -0.25) is 4.79 Å². The van der Waals surface area contributed by atoms with Crippen LogP contribution in [0.5, 0.6) is 5.75 Å². The number of piperidine rings is 1. The van der Waals surface area contributed by atoms with E-state index in [0.29, 0.717) is 18.0 Å². The van der Waals surface area contributed by atoms with Crippen molar-refractivity contribution in [3.8, 4) is 5.75 Å². The molecule has 0 unspecified atom stereocenters. The Bertz CT molecular complexity index is 843. The molecule has 0 saturated carbocycles. The molecule has 3 rings (SSSR count). The highest BCUT2D eigenvalue weighted by Gasteiger charge is 2.17. The molecule has 1 aliphatic rings. The van der Waals surface area contributed by atoms with E-state index in [4.69, 9.17) is 4.74 Å². The summed E-state index contributed by atoms with van der Waals surface area (Å²) in [5.74, 6) is 1.85. The van der Waals surface area contributed by atoms with Crippen LogP contribution in [0.15, 0.2) is 36.4 Å². The summed E-state index contributed by atoms with van der Waals surface area (Å²) < 4.78 is 5.48. The average molecular weight is 395 g/mol. The van der Waals surface area contributed by atoms with E-state index in [-0.39, 0.29) is 5.91 Å². The Kier molecular flexibility index (Phi) is 6.83. The number of aryl methyl sites for hydroxylation is 1. The Morgan fingerprint density at radius 1 is 1.24 bits per heavy atom. The number of ether oxygens (including phenoxy) is 1. The van der Waals surface area contributed by atoms with E-state index in [2.05, 4.69) is 55.3 Å². The maximum atomic E-state index is 12.8. The van der Waals surface area contributed by atoms with Crippen molar-refractivity contribution in [2.75, 3.05) is 25.1 Å². The maximum absolute atomic E-state index is 12.8. The highest BCUT2D eigenvalue weighted by molar-refractivity contribution is 5.96. The highest BCUT2D eigenvalue weighted by Crippen LogP contribution is 2.29. The number of methoxy groups -OCH3 is 1. The van der Waals surface area contributed by atoms with Crippen molar-refractivity contribution < 1.29 is 9.53 Å². The zero-order valence-corrected chi connectivity index (χ0v) is 18.4. The average Bonchev–Trinajstić information content (AvgIpc) is 2.71. The van der Waals surface area contributed by atoms with Gasteiger partial charge >= 0.3 is 0 Å². The van der Waals surface area contributed by atoms with Gasteiger partial charge in [-0.25, -0.2) is 0 Å². The SMILES string of the molecule is COc1cc(C)c(C(=O)NCc2ccc(N3CCC[C@H](C)C3)cc2)cc1C(C)C. The van der Waals surface area contributed by atoms with Crippen molar-refractivity contribution in [3.63, 3.8) is 0 Å². The second kappa shape index (κ2) is 9.34. The number of carbonyl (C=O) groups is 1. The molecule has 1 amide bonds. The van der Waals surface area contributed by atoms with E-state index >= 15 is 0 Å². The molecule has 0 aliphatic carbocycles. The molecule has 2 aromatic rings. The zero-order chi connectivity index (χ0) is 21.0. The molecule has 1 aliphatic heterocycles. The monoisotopic (exact) mass is 394 g/mol. The Hall–Kier alpha value is -2.49. The van der Waals surface area contributed by atoms with Crippen LogP contribution in [-0.2, 0) is 6.54 Å². The van der Waals surface area contributed by atoms with Crippen molar-refractivity contribution >= 4 is 11.6 Å². The van der Waals surface area contributed by atoms with E-state index in [0.717, 1.165) is 41.4 Å². The number of benzene rings is 2. The van der Waals surface area contributed by atoms with Crippen molar-refractivity contribution in [1.29, 1.82) is 0 Å². The number of carbonyl (C=O) groups excluding carboxylic acids is 1. The Balaban J connectivity index is 1.65. The highest BCUT2D eigenvalue weighted by atomic mass is 16.5. The van der Waals surface area contributed by atoms with Crippen LogP contribution in [0.3, 0.4) is 0 Å². The molecule has 156 valence electrons. The number of hydrogen-bond donors (Lipinski definition) is 1. The first-order valence-corrected chi connectivity index (χ1v) is 10.7. The molecule has 2 aromatic carbocycles. The summed E-state index contributed by atoms with van der Waals surface area (Å²) in [5, 5.41) is 3.07. The minimum Gasteiger partial charge on any atom is -0.496 e. The third kappa shape index (κ3) is 5.11. The predicted molar refractivity (Wildman–Crippen MR) is 120 cm³/mol. The van der Waals surface area contributed by atoms with Gasteiger partial charge in [0.15, 0.2) is 0 Å². The summed E-state index contributed by atoms with van der Waals surface area (Å²) in [5.41, 5.74) is 5.09. The number of nitrogens with zero attached hydrogens (tertiary/aromatic N) is 1. The van der Waals surface area contributed by atoms with Crippen LogP contribution in [0.25, 0.3) is 0 Å². The molecule has 0 radical (unpaired) electrons. The second-order valence-corrected chi connectivity index (χ2v) is 8.61. The van der Waals surface area contributed by atoms with Gasteiger partial charge < -0.3 is 15.0 Å². The van der Waals surface area contributed by atoms with Crippen molar-refractivity contribution in [3.05, 3.63) is 58.7 Å². The van der Waals surface area contributed by atoms with E-state index in [1.165, 1.54) is 18.5 Å². The summed E-state index contributed by atoms with van der Waals surface area (Å²) in [6.07, 6.45) is 2.59. The number of nitrogens with one attached hydrogen (secondary N) is 1. The van der Waals surface area contributed by atoms with Gasteiger partial charge in [0.2, 0.25) is 0 Å². The molecular weight excluding hydrogens is 360 g/mol. The smallest absolute Gasteiger partial charge is 0.251 e. The first-order chi connectivity index (χ1) is 13.9. The van der Waals surface area contributed by atoms with E-state index in [1.54, 1.807) is 7.11 Å². The lowest BCUT2D eigenvalue weighted by atomic mass is 9.96. The van der Waals surface area contributed by atoms with Gasteiger partial charge in [-0.2, -0.15) is 0 Å². The summed E-state index contributed by atoms with van der Waals surface area (Å²) in [6.45, 7) is 11.3. The molecule has 29 heavy (non-hydrogen) atoms. The van der Waals surface area contributed by atoms with E-state index in [1.807, 2.05) is 19.1 Å². The fourth-order valence-corrected chi connectivity index (χ4v) is 4.10. The first-order valence-electron chi connectivity index (χ1n) is 10.7. The fourth-order valence-electron chi connectivity index (χ4n) is 4.10. The van der Waals surface area contributed by atoms with Gasteiger partial charge in [0.25, 0.3) is 5.91 Å². The van der Waals surface area contributed by atoms with Crippen molar-refractivity contribution in [2.45, 2.75) is 53.0 Å². The zero-order valence-electron chi connectivity index (χ0n) is 18.4. The van der Waals surface area contributed by atoms with Gasteiger partial charge in [-0.05, 0) is 72.6 Å².